The summed E-state index contributed by atoms with van der Waals surface area (Å²) >= 11 is 0. The summed E-state index contributed by atoms with van der Waals surface area (Å²) < 4.78 is 0. The normalized spacial score (nSPS) is 44.1. The van der Waals surface area contributed by atoms with Gasteiger partial charge >= 0.3 is 0 Å². The molecule has 20 heavy (non-hydrogen) atoms. The number of allylic oxidation sites excluding steroid dienone is 2. The molecule has 0 aliphatic heterocycles. The van der Waals surface area contributed by atoms with Crippen LogP contribution in [-0.4, -0.2) is 11.6 Å². The standard InChI is InChI=1S/C18H24O2/c1-18-9-8-14-13-5-3-12(19)10-11(13)2-4-15(14)16(18)6-7-17(18)20/h14-16H,2-10H2,1H3/t14-,15+,16+,18+/m0/s1. The van der Waals surface area contributed by atoms with E-state index in [1.54, 1.807) is 5.57 Å². The number of hydrogen-bond acceptors (Lipinski definition) is 2. The molecule has 0 aromatic rings. The van der Waals surface area contributed by atoms with Crippen molar-refractivity contribution in [3.05, 3.63) is 11.1 Å². The summed E-state index contributed by atoms with van der Waals surface area (Å²) in [4.78, 5) is 23.9. The van der Waals surface area contributed by atoms with Crippen LogP contribution in [0.5, 0.6) is 0 Å². The molecule has 4 aliphatic carbocycles. The van der Waals surface area contributed by atoms with Crippen molar-refractivity contribution in [1.82, 2.24) is 0 Å². The van der Waals surface area contributed by atoms with Crippen LogP contribution in [0.15, 0.2) is 11.1 Å². The summed E-state index contributed by atoms with van der Waals surface area (Å²) in [5.41, 5.74) is 3.11. The van der Waals surface area contributed by atoms with Gasteiger partial charge < -0.3 is 0 Å². The van der Waals surface area contributed by atoms with Crippen molar-refractivity contribution in [1.29, 1.82) is 0 Å². The zero-order valence-electron chi connectivity index (χ0n) is 12.4. The van der Waals surface area contributed by atoms with E-state index in [2.05, 4.69) is 6.92 Å². The lowest BCUT2D eigenvalue weighted by atomic mass is 9.54. The van der Waals surface area contributed by atoms with Gasteiger partial charge in [-0.05, 0) is 56.3 Å². The third-order valence-electron chi connectivity index (χ3n) is 6.91. The van der Waals surface area contributed by atoms with E-state index in [-0.39, 0.29) is 5.41 Å². The number of rotatable bonds is 0. The maximum atomic E-state index is 12.3. The Bertz CT molecular complexity index is 516. The lowest BCUT2D eigenvalue weighted by molar-refractivity contribution is -0.129. The number of carbonyl (C=O) groups excluding carboxylic acids is 2. The molecule has 0 aromatic carbocycles. The lowest BCUT2D eigenvalue weighted by Crippen LogP contribution is -2.44. The number of fused-ring (bicyclic) bond motifs is 4. The molecule has 4 aliphatic rings. The lowest BCUT2D eigenvalue weighted by Gasteiger charge is -2.49. The van der Waals surface area contributed by atoms with Gasteiger partial charge in [-0.2, -0.15) is 0 Å². The van der Waals surface area contributed by atoms with Crippen molar-refractivity contribution in [2.75, 3.05) is 0 Å². The van der Waals surface area contributed by atoms with Crippen molar-refractivity contribution >= 4 is 11.6 Å². The molecular weight excluding hydrogens is 248 g/mol. The first-order valence-corrected chi connectivity index (χ1v) is 8.35. The first-order chi connectivity index (χ1) is 9.59. The Kier molecular flexibility index (Phi) is 2.74. The van der Waals surface area contributed by atoms with Crippen LogP contribution >= 0.6 is 0 Å². The van der Waals surface area contributed by atoms with Gasteiger partial charge in [0.05, 0.1) is 0 Å². The molecule has 4 rings (SSSR count). The minimum absolute atomic E-state index is 0.0102. The van der Waals surface area contributed by atoms with Gasteiger partial charge in [0.1, 0.15) is 11.6 Å². The van der Waals surface area contributed by atoms with Crippen molar-refractivity contribution in [3.63, 3.8) is 0 Å². The Balaban J connectivity index is 1.67. The maximum Gasteiger partial charge on any atom is 0.139 e. The van der Waals surface area contributed by atoms with Gasteiger partial charge in [-0.3, -0.25) is 9.59 Å². The number of hydrogen-bond donors (Lipinski definition) is 0. The van der Waals surface area contributed by atoms with E-state index >= 15 is 0 Å². The molecule has 0 radical (unpaired) electrons. The van der Waals surface area contributed by atoms with Crippen molar-refractivity contribution in [2.24, 2.45) is 23.2 Å². The van der Waals surface area contributed by atoms with Gasteiger partial charge in [-0.1, -0.05) is 18.1 Å². The fourth-order valence-corrected chi connectivity index (χ4v) is 5.82. The molecule has 2 saturated carbocycles. The minimum Gasteiger partial charge on any atom is -0.299 e. The van der Waals surface area contributed by atoms with E-state index in [0.717, 1.165) is 50.9 Å². The van der Waals surface area contributed by atoms with E-state index in [4.69, 9.17) is 0 Å². The Morgan fingerprint density at radius 3 is 2.70 bits per heavy atom. The number of Topliss-reactive ketones (excluding diaryl/α,β-unsaturated/α-hetero) is 2. The second-order valence-corrected chi connectivity index (χ2v) is 7.68. The van der Waals surface area contributed by atoms with E-state index in [1.165, 1.54) is 18.4 Å². The Morgan fingerprint density at radius 1 is 1.00 bits per heavy atom. The first-order valence-electron chi connectivity index (χ1n) is 8.35. The number of ketones is 2. The highest BCUT2D eigenvalue weighted by molar-refractivity contribution is 5.87. The van der Waals surface area contributed by atoms with Crippen LogP contribution in [0.4, 0.5) is 0 Å². The van der Waals surface area contributed by atoms with Gasteiger partial charge in [-0.25, -0.2) is 0 Å². The van der Waals surface area contributed by atoms with Crippen molar-refractivity contribution in [2.45, 2.75) is 64.7 Å². The molecule has 0 heterocycles. The van der Waals surface area contributed by atoms with Crippen LogP contribution in [0.3, 0.4) is 0 Å². The maximum absolute atomic E-state index is 12.3. The molecule has 4 atom stereocenters. The van der Waals surface area contributed by atoms with Crippen molar-refractivity contribution < 1.29 is 9.59 Å². The predicted molar refractivity (Wildman–Crippen MR) is 77.2 cm³/mol. The fourth-order valence-electron chi connectivity index (χ4n) is 5.82. The molecule has 0 amide bonds. The molecule has 0 aromatic heterocycles. The fraction of sp³-hybridized carbons (Fsp3) is 0.778. The zero-order valence-corrected chi connectivity index (χ0v) is 12.4. The smallest absolute Gasteiger partial charge is 0.139 e. The van der Waals surface area contributed by atoms with Crippen LogP contribution in [0.25, 0.3) is 0 Å². The monoisotopic (exact) mass is 272 g/mol. The molecular formula is C18H24O2. The predicted octanol–water partition coefficient (Wildman–Crippen LogP) is 3.84. The minimum atomic E-state index is -0.0102. The molecule has 0 bridgehead atoms. The van der Waals surface area contributed by atoms with Gasteiger partial charge in [-0.15, -0.1) is 0 Å². The highest BCUT2D eigenvalue weighted by Gasteiger charge is 2.54. The Labute approximate surface area is 121 Å². The molecule has 0 spiro atoms. The van der Waals surface area contributed by atoms with Crippen LogP contribution in [0, 0.1) is 23.2 Å². The average molecular weight is 272 g/mol. The first kappa shape index (κ1) is 12.8. The quantitative estimate of drug-likeness (QED) is 0.628. The zero-order chi connectivity index (χ0) is 13.9. The third kappa shape index (κ3) is 1.63. The summed E-state index contributed by atoms with van der Waals surface area (Å²) in [7, 11) is 0. The SMILES string of the molecule is C[C@@]12CC[C@H]3C4=C(CC[C@H]3[C@H]1CCC2=O)CC(=O)CC4. The molecule has 2 heteroatoms. The van der Waals surface area contributed by atoms with E-state index in [9.17, 15) is 9.59 Å². The summed E-state index contributed by atoms with van der Waals surface area (Å²) in [6, 6.07) is 0. The molecule has 0 unspecified atom stereocenters. The van der Waals surface area contributed by atoms with E-state index < -0.39 is 0 Å². The summed E-state index contributed by atoms with van der Waals surface area (Å²) in [6.07, 6.45) is 9.09. The van der Waals surface area contributed by atoms with Crippen molar-refractivity contribution in [3.8, 4) is 0 Å². The molecule has 108 valence electrons. The topological polar surface area (TPSA) is 34.1 Å². The van der Waals surface area contributed by atoms with Gasteiger partial charge in [0.15, 0.2) is 0 Å². The van der Waals surface area contributed by atoms with E-state index in [0.29, 0.717) is 23.4 Å². The Morgan fingerprint density at radius 2 is 1.85 bits per heavy atom. The van der Waals surface area contributed by atoms with E-state index in [1.807, 2.05) is 0 Å². The second kappa shape index (κ2) is 4.29. The van der Waals surface area contributed by atoms with Crippen LogP contribution in [0.1, 0.15) is 64.7 Å². The molecule has 2 nitrogen and oxygen atoms in total. The summed E-state index contributed by atoms with van der Waals surface area (Å²) in [6.45, 7) is 2.23. The summed E-state index contributed by atoms with van der Waals surface area (Å²) in [5, 5.41) is 0. The third-order valence-corrected chi connectivity index (χ3v) is 6.91. The summed E-state index contributed by atoms with van der Waals surface area (Å²) in [5.74, 6) is 3.03. The highest BCUT2D eigenvalue weighted by atomic mass is 16.1. The van der Waals surface area contributed by atoms with Crippen LogP contribution in [0.2, 0.25) is 0 Å². The van der Waals surface area contributed by atoms with Gasteiger partial charge in [0.2, 0.25) is 0 Å². The highest BCUT2D eigenvalue weighted by Crippen LogP contribution is 2.59. The molecule has 2 fully saturated rings. The number of carbonyl (C=O) groups is 2. The molecule has 0 N–H and O–H groups in total. The Hall–Kier alpha value is -0.920. The largest absolute Gasteiger partial charge is 0.299 e. The molecule has 0 saturated heterocycles. The van der Waals surface area contributed by atoms with Crippen LogP contribution < -0.4 is 0 Å². The van der Waals surface area contributed by atoms with Gasteiger partial charge in [0.25, 0.3) is 0 Å². The average Bonchev–Trinajstić information content (AvgIpc) is 2.74. The van der Waals surface area contributed by atoms with Crippen LogP contribution in [-0.2, 0) is 9.59 Å². The van der Waals surface area contributed by atoms with Gasteiger partial charge in [0, 0.05) is 24.7 Å². The second-order valence-electron chi connectivity index (χ2n) is 7.68.